The number of benzene rings is 2. The largest absolute Gasteiger partial charge is 0.573 e. The number of nitrogens with zero attached hydrogens (tertiary/aromatic N) is 1. The molecule has 0 spiro atoms. The van der Waals surface area contributed by atoms with E-state index >= 15 is 0 Å². The molecule has 10 heteroatoms. The van der Waals surface area contributed by atoms with Gasteiger partial charge in [-0.1, -0.05) is 23.7 Å². The summed E-state index contributed by atoms with van der Waals surface area (Å²) in [5.41, 5.74) is 6.70. The first-order chi connectivity index (χ1) is 12.7. The number of hydrogen-bond acceptors (Lipinski definition) is 4. The molecule has 0 aliphatic rings. The van der Waals surface area contributed by atoms with Gasteiger partial charge in [-0.15, -0.1) is 13.2 Å². The van der Waals surface area contributed by atoms with E-state index < -0.39 is 12.5 Å². The fourth-order valence-corrected chi connectivity index (χ4v) is 2.37. The molecular weight excluding hydrogens is 387 g/mol. The average Bonchev–Trinajstić information content (AvgIpc) is 2.59. The minimum Gasteiger partial charge on any atom is -0.495 e. The topological polar surface area (TPSA) is 89.1 Å². The van der Waals surface area contributed by atoms with Crippen LogP contribution in [0.3, 0.4) is 0 Å². The second-order valence-corrected chi connectivity index (χ2v) is 5.74. The van der Waals surface area contributed by atoms with Crippen LogP contribution in [0.4, 0.5) is 18.9 Å². The first-order valence-corrected chi connectivity index (χ1v) is 8.00. The van der Waals surface area contributed by atoms with Crippen molar-refractivity contribution in [2.24, 2.45) is 10.7 Å². The van der Waals surface area contributed by atoms with Gasteiger partial charge in [-0.2, -0.15) is 0 Å². The molecule has 146 valence electrons. The van der Waals surface area contributed by atoms with Gasteiger partial charge < -0.3 is 25.6 Å². The summed E-state index contributed by atoms with van der Waals surface area (Å²) in [6, 6.07) is 9.77. The van der Waals surface area contributed by atoms with Gasteiger partial charge >= 0.3 is 6.36 Å². The lowest BCUT2D eigenvalue weighted by atomic mass is 10.1. The minimum absolute atomic E-state index is 0.0345. The highest BCUT2D eigenvalue weighted by molar-refractivity contribution is 6.32. The molecule has 2 aromatic rings. The number of halogens is 4. The molecule has 0 fully saturated rings. The highest BCUT2D eigenvalue weighted by atomic mass is 35.5. The van der Waals surface area contributed by atoms with Crippen LogP contribution in [0.5, 0.6) is 11.5 Å². The van der Waals surface area contributed by atoms with Crippen LogP contribution < -0.4 is 20.5 Å². The number of rotatable bonds is 6. The Labute approximate surface area is 158 Å². The van der Waals surface area contributed by atoms with E-state index in [0.29, 0.717) is 22.0 Å². The van der Waals surface area contributed by atoms with E-state index in [4.69, 9.17) is 22.1 Å². The molecule has 6 nitrogen and oxygen atoms in total. The predicted molar refractivity (Wildman–Crippen MR) is 96.2 cm³/mol. The number of hydrogen-bond donors (Lipinski definition) is 3. The van der Waals surface area contributed by atoms with E-state index in [1.54, 1.807) is 18.2 Å². The molecule has 1 unspecified atom stereocenters. The summed E-state index contributed by atoms with van der Waals surface area (Å²) in [6.07, 6.45) is -5.82. The van der Waals surface area contributed by atoms with E-state index in [2.05, 4.69) is 15.0 Å². The summed E-state index contributed by atoms with van der Waals surface area (Å²) in [4.78, 5) is 4.00. The van der Waals surface area contributed by atoms with Gasteiger partial charge in [-0.05, 0) is 35.9 Å². The van der Waals surface area contributed by atoms with Crippen LogP contribution >= 0.6 is 11.6 Å². The fraction of sp³-hybridized carbons (Fsp3) is 0.235. The smallest absolute Gasteiger partial charge is 0.495 e. The average molecular weight is 404 g/mol. The molecule has 4 N–H and O–H groups in total. The van der Waals surface area contributed by atoms with Crippen LogP contribution in [0, 0.1) is 0 Å². The van der Waals surface area contributed by atoms with Gasteiger partial charge in [0, 0.05) is 5.69 Å². The number of alkyl halides is 3. The van der Waals surface area contributed by atoms with Crippen molar-refractivity contribution in [1.29, 1.82) is 0 Å². The molecule has 0 amide bonds. The number of aliphatic hydroxyl groups excluding tert-OH is 1. The Balaban J connectivity index is 1.94. The zero-order valence-electron chi connectivity index (χ0n) is 14.1. The molecular formula is C17H17ClF3N3O3. The Morgan fingerprint density at radius 3 is 2.48 bits per heavy atom. The molecule has 0 bridgehead atoms. The van der Waals surface area contributed by atoms with Crippen molar-refractivity contribution >= 4 is 23.2 Å². The van der Waals surface area contributed by atoms with Gasteiger partial charge in [-0.3, -0.25) is 4.99 Å². The van der Waals surface area contributed by atoms with Crippen LogP contribution in [0.1, 0.15) is 11.7 Å². The van der Waals surface area contributed by atoms with Crippen LogP contribution in [0.25, 0.3) is 0 Å². The molecule has 2 rings (SSSR count). The summed E-state index contributed by atoms with van der Waals surface area (Å²) < 4.78 is 45.2. The number of methoxy groups -OCH3 is 1. The maximum absolute atomic E-state index is 12.1. The molecule has 0 radical (unpaired) electrons. The first-order valence-electron chi connectivity index (χ1n) is 7.62. The van der Waals surface area contributed by atoms with Crippen LogP contribution in [-0.4, -0.2) is 31.1 Å². The van der Waals surface area contributed by atoms with E-state index in [1.165, 1.54) is 19.2 Å². The summed E-state index contributed by atoms with van der Waals surface area (Å²) in [6.45, 7) is -0.0950. The lowest BCUT2D eigenvalue weighted by Gasteiger charge is -2.12. The van der Waals surface area contributed by atoms with E-state index in [0.717, 1.165) is 12.1 Å². The van der Waals surface area contributed by atoms with Crippen molar-refractivity contribution < 1.29 is 27.8 Å². The van der Waals surface area contributed by atoms with Crippen LogP contribution in [0.15, 0.2) is 47.5 Å². The van der Waals surface area contributed by atoms with Gasteiger partial charge in [0.15, 0.2) is 5.96 Å². The fourth-order valence-electron chi connectivity index (χ4n) is 2.11. The third-order valence-electron chi connectivity index (χ3n) is 3.36. The van der Waals surface area contributed by atoms with E-state index in [1.807, 2.05) is 0 Å². The molecule has 0 heterocycles. The maximum Gasteiger partial charge on any atom is 0.573 e. The Bertz CT molecular complexity index is 798. The Morgan fingerprint density at radius 1 is 1.26 bits per heavy atom. The number of aliphatic hydroxyl groups is 1. The molecule has 0 saturated carbocycles. The monoisotopic (exact) mass is 403 g/mol. The second kappa shape index (κ2) is 8.83. The van der Waals surface area contributed by atoms with Gasteiger partial charge in [0.25, 0.3) is 0 Å². The zero-order chi connectivity index (χ0) is 20.0. The molecule has 0 saturated heterocycles. The third kappa shape index (κ3) is 6.54. The Hall–Kier alpha value is -2.65. The number of ether oxygens (including phenoxy) is 2. The number of anilines is 1. The number of guanidine groups is 1. The molecule has 0 aromatic heterocycles. The van der Waals surface area contributed by atoms with Gasteiger partial charge in [-0.25, -0.2) is 0 Å². The first kappa shape index (κ1) is 20.7. The third-order valence-corrected chi connectivity index (χ3v) is 3.65. The van der Waals surface area contributed by atoms with Gasteiger partial charge in [0.1, 0.15) is 11.5 Å². The SMILES string of the molecule is COc1ccc(NC(N)=NCC(O)c2ccc(OC(F)(F)F)cc2)cc1Cl. The lowest BCUT2D eigenvalue weighted by molar-refractivity contribution is -0.274. The quantitative estimate of drug-likeness (QED) is 0.505. The Kier molecular flexibility index (Phi) is 6.75. The number of nitrogens with two attached hydrogens (primary N) is 1. The minimum atomic E-state index is -4.77. The zero-order valence-corrected chi connectivity index (χ0v) is 14.9. The van der Waals surface area contributed by atoms with Gasteiger partial charge in [0.2, 0.25) is 0 Å². The molecule has 1 atom stereocenters. The summed E-state index contributed by atoms with van der Waals surface area (Å²) in [5.74, 6) is 0.165. The lowest BCUT2D eigenvalue weighted by Crippen LogP contribution is -2.23. The number of nitrogens with one attached hydrogen (secondary N) is 1. The maximum atomic E-state index is 12.1. The normalized spacial score (nSPS) is 13.2. The van der Waals surface area contributed by atoms with Crippen molar-refractivity contribution in [1.82, 2.24) is 0 Å². The molecule has 27 heavy (non-hydrogen) atoms. The van der Waals surface area contributed by atoms with Crippen molar-refractivity contribution in [3.8, 4) is 11.5 Å². The van der Waals surface area contributed by atoms with Crippen molar-refractivity contribution in [3.63, 3.8) is 0 Å². The summed E-state index contributed by atoms with van der Waals surface area (Å²) in [5, 5.41) is 13.3. The number of aliphatic imine (C=N–C) groups is 1. The molecule has 0 aliphatic carbocycles. The summed E-state index contributed by atoms with van der Waals surface area (Å²) >= 11 is 6.01. The van der Waals surface area contributed by atoms with E-state index in [-0.39, 0.29) is 18.3 Å². The van der Waals surface area contributed by atoms with Crippen molar-refractivity contribution in [3.05, 3.63) is 53.1 Å². The van der Waals surface area contributed by atoms with Crippen molar-refractivity contribution in [2.75, 3.05) is 19.0 Å². The molecule has 2 aromatic carbocycles. The highest BCUT2D eigenvalue weighted by Gasteiger charge is 2.31. The Morgan fingerprint density at radius 2 is 1.93 bits per heavy atom. The van der Waals surface area contributed by atoms with Crippen molar-refractivity contribution in [2.45, 2.75) is 12.5 Å². The van der Waals surface area contributed by atoms with Gasteiger partial charge in [0.05, 0.1) is 24.8 Å². The standard InChI is InChI=1S/C17H17ClF3N3O3/c1-26-15-7-4-11(8-13(15)18)24-16(22)23-9-14(25)10-2-5-12(6-3-10)27-17(19,20)21/h2-8,14,25H,9H2,1H3,(H3,22,23,24). The summed E-state index contributed by atoms with van der Waals surface area (Å²) in [7, 11) is 1.49. The van der Waals surface area contributed by atoms with Crippen LogP contribution in [0.2, 0.25) is 5.02 Å². The molecule has 0 aliphatic heterocycles. The highest BCUT2D eigenvalue weighted by Crippen LogP contribution is 2.27. The van der Waals surface area contributed by atoms with Crippen LogP contribution in [-0.2, 0) is 0 Å². The predicted octanol–water partition coefficient (Wildman–Crippen LogP) is 3.71. The van der Waals surface area contributed by atoms with E-state index in [9.17, 15) is 18.3 Å². The second-order valence-electron chi connectivity index (χ2n) is 5.33.